The van der Waals surface area contributed by atoms with Gasteiger partial charge in [0, 0.05) is 11.3 Å². The number of tetrazole rings is 1. The van der Waals surface area contributed by atoms with Crippen molar-refractivity contribution >= 4 is 22.9 Å². The summed E-state index contributed by atoms with van der Waals surface area (Å²) in [4.78, 5) is 24.7. The maximum absolute atomic E-state index is 11.9. The number of thiophene rings is 1. The van der Waals surface area contributed by atoms with Gasteiger partial charge in [0.15, 0.2) is 0 Å². The molecule has 0 fully saturated rings. The molecule has 3 aromatic rings. The fourth-order valence-electron chi connectivity index (χ4n) is 1.87. The molecule has 7 heteroatoms. The molecular formula is C14H10N4O2S. The highest BCUT2D eigenvalue weighted by Crippen LogP contribution is 2.27. The van der Waals surface area contributed by atoms with Crippen molar-refractivity contribution < 1.29 is 9.59 Å². The van der Waals surface area contributed by atoms with Crippen molar-refractivity contribution in [2.75, 3.05) is 0 Å². The van der Waals surface area contributed by atoms with Crippen LogP contribution in [0.2, 0.25) is 0 Å². The van der Waals surface area contributed by atoms with Crippen LogP contribution >= 0.6 is 11.3 Å². The molecule has 0 aliphatic carbocycles. The van der Waals surface area contributed by atoms with E-state index in [1.165, 1.54) is 0 Å². The number of nitrogens with one attached hydrogen (secondary N) is 1. The maximum atomic E-state index is 11.9. The molecule has 0 atom stereocenters. The van der Waals surface area contributed by atoms with Crippen LogP contribution in [0.4, 0.5) is 0 Å². The number of ketones is 2. The van der Waals surface area contributed by atoms with Gasteiger partial charge in [0.1, 0.15) is 0 Å². The van der Waals surface area contributed by atoms with Gasteiger partial charge in [-0.15, -0.1) is 21.5 Å². The van der Waals surface area contributed by atoms with Gasteiger partial charge in [-0.05, 0) is 27.8 Å². The molecular weight excluding hydrogens is 288 g/mol. The lowest BCUT2D eigenvalue weighted by molar-refractivity contribution is -0.114. The van der Waals surface area contributed by atoms with Crippen LogP contribution in [-0.2, 0) is 11.2 Å². The van der Waals surface area contributed by atoms with Crippen molar-refractivity contribution in [1.29, 1.82) is 0 Å². The minimum Gasteiger partial charge on any atom is -0.290 e. The Labute approximate surface area is 123 Å². The first-order valence-electron chi connectivity index (χ1n) is 6.18. The van der Waals surface area contributed by atoms with Gasteiger partial charge < -0.3 is 0 Å². The topological polar surface area (TPSA) is 88.6 Å². The van der Waals surface area contributed by atoms with E-state index in [2.05, 4.69) is 20.6 Å². The molecule has 0 aliphatic heterocycles. The summed E-state index contributed by atoms with van der Waals surface area (Å²) in [6.07, 6.45) is 0.0384. The van der Waals surface area contributed by atoms with E-state index in [0.717, 1.165) is 16.0 Å². The first kappa shape index (κ1) is 13.3. The molecule has 0 aliphatic rings. The number of H-pyrrole nitrogens is 1. The van der Waals surface area contributed by atoms with Gasteiger partial charge in [0.2, 0.25) is 11.6 Å². The Balaban J connectivity index is 1.73. The Bertz CT molecular complexity index is 765. The van der Waals surface area contributed by atoms with E-state index in [4.69, 9.17) is 0 Å². The summed E-state index contributed by atoms with van der Waals surface area (Å²) < 4.78 is 0. The Kier molecular flexibility index (Phi) is 3.65. The van der Waals surface area contributed by atoms with Crippen molar-refractivity contribution in [2.45, 2.75) is 6.42 Å². The summed E-state index contributed by atoms with van der Waals surface area (Å²) >= 11 is 1.54. The minimum atomic E-state index is -0.726. The van der Waals surface area contributed by atoms with E-state index >= 15 is 0 Å². The fourth-order valence-corrected chi connectivity index (χ4v) is 2.79. The monoisotopic (exact) mass is 298 g/mol. The predicted octanol–water partition coefficient (Wildman–Crippen LogP) is 1.92. The van der Waals surface area contributed by atoms with Crippen molar-refractivity contribution in [2.24, 2.45) is 0 Å². The van der Waals surface area contributed by atoms with Gasteiger partial charge in [0.25, 0.3) is 5.78 Å². The molecule has 0 bridgehead atoms. The van der Waals surface area contributed by atoms with E-state index in [-0.39, 0.29) is 12.2 Å². The SMILES string of the molecule is O=C(Cc1csc(-c2ccccc2)c1)C(=O)c1nn[nH]n1. The van der Waals surface area contributed by atoms with Gasteiger partial charge in [-0.25, -0.2) is 0 Å². The molecule has 2 heterocycles. The quantitative estimate of drug-likeness (QED) is 0.574. The average Bonchev–Trinajstić information content (AvgIpc) is 3.19. The van der Waals surface area contributed by atoms with Gasteiger partial charge in [0.05, 0.1) is 0 Å². The average molecular weight is 298 g/mol. The Hall–Kier alpha value is -2.67. The van der Waals surface area contributed by atoms with Crippen molar-refractivity contribution in [3.8, 4) is 10.4 Å². The molecule has 6 nitrogen and oxygen atoms in total. The van der Waals surface area contributed by atoms with E-state index in [1.54, 1.807) is 11.3 Å². The summed E-state index contributed by atoms with van der Waals surface area (Å²) in [6.45, 7) is 0. The zero-order chi connectivity index (χ0) is 14.7. The predicted molar refractivity (Wildman–Crippen MR) is 77.0 cm³/mol. The number of nitrogens with zero attached hydrogens (tertiary/aromatic N) is 3. The van der Waals surface area contributed by atoms with Crippen LogP contribution in [0.3, 0.4) is 0 Å². The van der Waals surface area contributed by atoms with Crippen LogP contribution in [0.15, 0.2) is 41.8 Å². The molecule has 3 rings (SSSR count). The van der Waals surface area contributed by atoms with E-state index in [9.17, 15) is 9.59 Å². The number of Topliss-reactive ketones (excluding diaryl/α,β-unsaturated/α-hetero) is 2. The third-order valence-electron chi connectivity index (χ3n) is 2.88. The van der Waals surface area contributed by atoms with Gasteiger partial charge in [-0.1, -0.05) is 30.3 Å². The third-order valence-corrected chi connectivity index (χ3v) is 3.91. The molecule has 1 N–H and O–H groups in total. The molecule has 2 aromatic heterocycles. The summed E-state index contributed by atoms with van der Waals surface area (Å²) in [6, 6.07) is 11.8. The van der Waals surface area contributed by atoms with Crippen LogP contribution in [0, 0.1) is 0 Å². The summed E-state index contributed by atoms with van der Waals surface area (Å²) in [5, 5.41) is 14.3. The smallest absolute Gasteiger partial charge is 0.269 e. The highest BCUT2D eigenvalue weighted by atomic mass is 32.1. The first-order chi connectivity index (χ1) is 10.2. The van der Waals surface area contributed by atoms with Crippen LogP contribution in [0.25, 0.3) is 10.4 Å². The summed E-state index contributed by atoms with van der Waals surface area (Å²) in [7, 11) is 0. The highest BCUT2D eigenvalue weighted by Gasteiger charge is 2.21. The second-order valence-corrected chi connectivity index (χ2v) is 5.26. The van der Waals surface area contributed by atoms with Gasteiger partial charge in [-0.2, -0.15) is 5.21 Å². The maximum Gasteiger partial charge on any atom is 0.269 e. The van der Waals surface area contributed by atoms with Crippen LogP contribution < -0.4 is 0 Å². The number of hydrogen-bond acceptors (Lipinski definition) is 6. The second kappa shape index (κ2) is 5.76. The third kappa shape index (κ3) is 2.92. The van der Waals surface area contributed by atoms with Crippen LogP contribution in [-0.4, -0.2) is 32.2 Å². The molecule has 0 spiro atoms. The number of benzene rings is 1. The van der Waals surface area contributed by atoms with Crippen molar-refractivity contribution in [3.63, 3.8) is 0 Å². The molecule has 0 amide bonds. The lowest BCUT2D eigenvalue weighted by atomic mass is 10.1. The van der Waals surface area contributed by atoms with E-state index < -0.39 is 11.6 Å². The normalized spacial score (nSPS) is 10.5. The largest absolute Gasteiger partial charge is 0.290 e. The Morgan fingerprint density at radius 1 is 1.19 bits per heavy atom. The summed E-state index contributed by atoms with van der Waals surface area (Å²) in [5.74, 6) is -1.47. The van der Waals surface area contributed by atoms with Gasteiger partial charge in [-0.3, -0.25) is 9.59 Å². The highest BCUT2D eigenvalue weighted by molar-refractivity contribution is 7.13. The fraction of sp³-hybridized carbons (Fsp3) is 0.0714. The summed E-state index contributed by atoms with van der Waals surface area (Å²) in [5.41, 5.74) is 1.89. The second-order valence-electron chi connectivity index (χ2n) is 4.35. The Morgan fingerprint density at radius 2 is 2.00 bits per heavy atom. The Morgan fingerprint density at radius 3 is 2.71 bits per heavy atom. The zero-order valence-electron chi connectivity index (χ0n) is 10.8. The minimum absolute atomic E-state index is 0.0384. The van der Waals surface area contributed by atoms with Crippen molar-refractivity contribution in [3.05, 3.63) is 53.2 Å². The number of aromatic nitrogens is 4. The number of aromatic amines is 1. The number of hydrogen-bond donors (Lipinski definition) is 1. The lowest BCUT2D eigenvalue weighted by Crippen LogP contribution is -2.17. The molecule has 104 valence electrons. The molecule has 0 unspecified atom stereocenters. The molecule has 21 heavy (non-hydrogen) atoms. The zero-order valence-corrected chi connectivity index (χ0v) is 11.6. The number of rotatable bonds is 5. The molecule has 0 saturated heterocycles. The first-order valence-corrected chi connectivity index (χ1v) is 7.06. The van der Waals surface area contributed by atoms with Gasteiger partial charge >= 0.3 is 0 Å². The van der Waals surface area contributed by atoms with Crippen LogP contribution in [0.1, 0.15) is 16.2 Å². The van der Waals surface area contributed by atoms with Crippen LogP contribution in [0.5, 0.6) is 0 Å². The molecule has 0 saturated carbocycles. The number of carbonyl (C=O) groups is 2. The number of carbonyl (C=O) groups excluding carboxylic acids is 2. The van der Waals surface area contributed by atoms with Crippen molar-refractivity contribution in [1.82, 2.24) is 20.6 Å². The van der Waals surface area contributed by atoms with E-state index in [1.807, 2.05) is 41.8 Å². The molecule has 1 aromatic carbocycles. The van der Waals surface area contributed by atoms with E-state index in [0.29, 0.717) is 0 Å². The molecule has 0 radical (unpaired) electrons. The standard InChI is InChI=1S/C14H10N4O2S/c19-11(13(20)14-15-17-18-16-14)6-9-7-12(21-8-9)10-4-2-1-3-5-10/h1-5,7-8H,6H2,(H,15,16,17,18). The lowest BCUT2D eigenvalue weighted by Gasteiger charge is -1.95.